The number of aliphatic hydroxyl groups is 2. The molecule has 0 aliphatic carbocycles. The quantitative estimate of drug-likeness (QED) is 0.425. The molecule has 0 radical (unpaired) electrons. The molecule has 1 rings (SSSR count). The molecule has 0 aliphatic rings. The molecule has 1 amide bonds. The second-order valence-electron chi connectivity index (χ2n) is 4.87. The highest BCUT2D eigenvalue weighted by atomic mass is 16.4. The molecule has 0 saturated heterocycles. The Hall–Kier alpha value is -1.79. The predicted molar refractivity (Wildman–Crippen MR) is 81.5 cm³/mol. The van der Waals surface area contributed by atoms with E-state index in [4.69, 9.17) is 10.2 Å². The van der Waals surface area contributed by atoms with Gasteiger partial charge in [-0.3, -0.25) is 0 Å². The van der Waals surface area contributed by atoms with Crippen LogP contribution in [-0.2, 0) is 0 Å². The van der Waals surface area contributed by atoms with Crippen molar-refractivity contribution in [2.45, 2.75) is 31.8 Å². The Morgan fingerprint density at radius 1 is 1.19 bits per heavy atom. The van der Waals surface area contributed by atoms with Gasteiger partial charge in [-0.05, 0) is 43.4 Å². The number of unbranched alkanes of at least 4 members (excludes halogenated alkanes) is 2. The van der Waals surface area contributed by atoms with Crippen molar-refractivity contribution < 1.29 is 20.1 Å². The first kappa shape index (κ1) is 17.3. The first-order chi connectivity index (χ1) is 10.1. The van der Waals surface area contributed by atoms with E-state index in [1.54, 1.807) is 0 Å². The summed E-state index contributed by atoms with van der Waals surface area (Å²) in [6, 6.07) is 7.48. The van der Waals surface area contributed by atoms with Crippen LogP contribution in [0.15, 0.2) is 24.3 Å². The van der Waals surface area contributed by atoms with Gasteiger partial charge in [-0.25, -0.2) is 4.79 Å². The van der Waals surface area contributed by atoms with Gasteiger partial charge in [0.05, 0.1) is 6.10 Å². The maximum absolute atomic E-state index is 10.3. The minimum Gasteiger partial charge on any atom is -0.465 e. The third-order valence-electron chi connectivity index (χ3n) is 3.13. The van der Waals surface area contributed by atoms with Crippen LogP contribution in [0.2, 0.25) is 0 Å². The highest BCUT2D eigenvalue weighted by molar-refractivity contribution is 5.64. The molecular formula is C15H24N2O4. The van der Waals surface area contributed by atoms with E-state index in [1.807, 2.05) is 24.3 Å². The van der Waals surface area contributed by atoms with Gasteiger partial charge >= 0.3 is 6.09 Å². The zero-order valence-corrected chi connectivity index (χ0v) is 12.1. The van der Waals surface area contributed by atoms with Crippen LogP contribution in [0.1, 0.15) is 37.4 Å². The van der Waals surface area contributed by atoms with Gasteiger partial charge in [0.15, 0.2) is 0 Å². The largest absolute Gasteiger partial charge is 0.465 e. The summed E-state index contributed by atoms with van der Waals surface area (Å²) in [4.78, 5) is 10.3. The van der Waals surface area contributed by atoms with E-state index >= 15 is 0 Å². The molecule has 0 fully saturated rings. The third kappa shape index (κ3) is 7.53. The van der Waals surface area contributed by atoms with Crippen molar-refractivity contribution in [3.05, 3.63) is 29.8 Å². The van der Waals surface area contributed by atoms with Gasteiger partial charge in [-0.15, -0.1) is 0 Å². The number of aliphatic hydroxyl groups excluding tert-OH is 2. The van der Waals surface area contributed by atoms with Crippen LogP contribution in [0.25, 0.3) is 0 Å². The van der Waals surface area contributed by atoms with Crippen LogP contribution in [0.4, 0.5) is 10.5 Å². The van der Waals surface area contributed by atoms with E-state index in [2.05, 4.69) is 10.6 Å². The molecule has 0 bridgehead atoms. The minimum atomic E-state index is -1.08. The van der Waals surface area contributed by atoms with Crippen molar-refractivity contribution in [3.8, 4) is 0 Å². The molecule has 0 heterocycles. The van der Waals surface area contributed by atoms with E-state index in [9.17, 15) is 9.90 Å². The minimum absolute atomic E-state index is 0.218. The molecule has 6 nitrogen and oxygen atoms in total. The number of amides is 1. The number of nitrogens with one attached hydrogen (secondary N) is 2. The summed E-state index contributed by atoms with van der Waals surface area (Å²) in [5.41, 5.74) is 1.70. The standard InChI is InChI=1S/C15H24N2O4/c18-10-3-1-2-8-16-13-6-4-5-12(11-13)14(19)7-9-17-15(20)21/h4-6,11,14,16-19H,1-3,7-10H2,(H,20,21). The van der Waals surface area contributed by atoms with Gasteiger partial charge in [0.2, 0.25) is 0 Å². The molecule has 6 heteroatoms. The smallest absolute Gasteiger partial charge is 0.404 e. The van der Waals surface area contributed by atoms with Crippen LogP contribution < -0.4 is 10.6 Å². The lowest BCUT2D eigenvalue weighted by Crippen LogP contribution is -2.23. The first-order valence-electron chi connectivity index (χ1n) is 7.23. The molecule has 0 aliphatic heterocycles. The Morgan fingerprint density at radius 3 is 2.71 bits per heavy atom. The van der Waals surface area contributed by atoms with Gasteiger partial charge in [-0.2, -0.15) is 0 Å². The number of anilines is 1. The van der Waals surface area contributed by atoms with Crippen molar-refractivity contribution >= 4 is 11.8 Å². The Bertz CT molecular complexity index is 426. The maximum Gasteiger partial charge on any atom is 0.404 e. The van der Waals surface area contributed by atoms with Gasteiger partial charge in [0, 0.05) is 25.4 Å². The van der Waals surface area contributed by atoms with E-state index in [0.29, 0.717) is 6.42 Å². The SMILES string of the molecule is O=C(O)NCCC(O)c1cccc(NCCCCCO)c1. The van der Waals surface area contributed by atoms with Gasteiger partial charge in [0.25, 0.3) is 0 Å². The zero-order chi connectivity index (χ0) is 15.5. The topological polar surface area (TPSA) is 102 Å². The van der Waals surface area contributed by atoms with E-state index < -0.39 is 12.2 Å². The molecule has 1 unspecified atom stereocenters. The fraction of sp³-hybridized carbons (Fsp3) is 0.533. The van der Waals surface area contributed by atoms with Crippen molar-refractivity contribution in [1.29, 1.82) is 0 Å². The predicted octanol–water partition coefficient (Wildman–Crippen LogP) is 1.95. The highest BCUT2D eigenvalue weighted by Crippen LogP contribution is 2.20. The number of hydrogen-bond acceptors (Lipinski definition) is 4. The molecule has 118 valence electrons. The Kier molecular flexibility index (Phi) is 8.23. The maximum atomic E-state index is 10.3. The summed E-state index contributed by atoms with van der Waals surface area (Å²) in [7, 11) is 0. The summed E-state index contributed by atoms with van der Waals surface area (Å²) in [5.74, 6) is 0. The lowest BCUT2D eigenvalue weighted by Gasteiger charge is -2.13. The number of carbonyl (C=O) groups is 1. The van der Waals surface area contributed by atoms with E-state index in [1.165, 1.54) is 0 Å². The molecule has 0 aromatic heterocycles. The fourth-order valence-electron chi connectivity index (χ4n) is 1.98. The normalized spacial score (nSPS) is 11.9. The molecule has 21 heavy (non-hydrogen) atoms. The van der Waals surface area contributed by atoms with E-state index in [-0.39, 0.29) is 13.2 Å². The molecule has 5 N–H and O–H groups in total. The molecule has 1 aromatic carbocycles. The zero-order valence-electron chi connectivity index (χ0n) is 12.1. The van der Waals surface area contributed by atoms with Crippen LogP contribution in [0.5, 0.6) is 0 Å². The summed E-state index contributed by atoms with van der Waals surface area (Å²) >= 11 is 0. The number of carboxylic acid groups (broad SMARTS) is 1. The average molecular weight is 296 g/mol. The summed E-state index contributed by atoms with van der Waals surface area (Å²) in [6.07, 6.45) is 1.35. The lowest BCUT2D eigenvalue weighted by molar-refractivity contribution is 0.162. The highest BCUT2D eigenvalue weighted by Gasteiger charge is 2.08. The monoisotopic (exact) mass is 296 g/mol. The fourth-order valence-corrected chi connectivity index (χ4v) is 1.98. The summed E-state index contributed by atoms with van der Waals surface area (Å²) in [6.45, 7) is 1.27. The molecule has 1 aromatic rings. The second kappa shape index (κ2) is 10.0. The molecule has 0 saturated carbocycles. The van der Waals surface area contributed by atoms with Gasteiger partial charge in [0.1, 0.15) is 0 Å². The Labute approximate surface area is 124 Å². The van der Waals surface area contributed by atoms with Crippen LogP contribution in [0, 0.1) is 0 Å². The number of hydrogen-bond donors (Lipinski definition) is 5. The number of rotatable bonds is 10. The van der Waals surface area contributed by atoms with Crippen molar-refractivity contribution in [2.24, 2.45) is 0 Å². The second-order valence-corrected chi connectivity index (χ2v) is 4.87. The van der Waals surface area contributed by atoms with Crippen molar-refractivity contribution in [1.82, 2.24) is 5.32 Å². The summed E-state index contributed by atoms with van der Waals surface area (Å²) in [5, 5.41) is 32.7. The first-order valence-corrected chi connectivity index (χ1v) is 7.23. The van der Waals surface area contributed by atoms with Crippen LogP contribution in [0.3, 0.4) is 0 Å². The van der Waals surface area contributed by atoms with E-state index in [0.717, 1.165) is 37.1 Å². The Balaban J connectivity index is 2.38. The van der Waals surface area contributed by atoms with Gasteiger partial charge < -0.3 is 26.0 Å². The molecular weight excluding hydrogens is 272 g/mol. The van der Waals surface area contributed by atoms with Crippen LogP contribution >= 0.6 is 0 Å². The third-order valence-corrected chi connectivity index (χ3v) is 3.13. The van der Waals surface area contributed by atoms with Crippen molar-refractivity contribution in [3.63, 3.8) is 0 Å². The average Bonchev–Trinajstić information content (AvgIpc) is 2.47. The van der Waals surface area contributed by atoms with Crippen molar-refractivity contribution in [2.75, 3.05) is 25.0 Å². The Morgan fingerprint density at radius 2 is 2.00 bits per heavy atom. The van der Waals surface area contributed by atoms with Gasteiger partial charge in [-0.1, -0.05) is 12.1 Å². The molecule has 0 spiro atoms. The van der Waals surface area contributed by atoms with Crippen LogP contribution in [-0.4, -0.2) is 41.1 Å². The molecule has 1 atom stereocenters. The summed E-state index contributed by atoms with van der Waals surface area (Å²) < 4.78 is 0. The lowest BCUT2D eigenvalue weighted by atomic mass is 10.1. The number of benzene rings is 1.